The smallest absolute Gasteiger partial charge is 0.299 e. The minimum Gasteiger partial charge on any atom is -0.353 e. The number of carbonyl (C=O) groups is 1. The SMILES string of the molecule is C=CCNC(=O)CCn1cnc2c(-c3ccc(F)cc3)noc2c1=O. The normalized spacial score (nSPS) is 10.8. The number of nitrogens with zero attached hydrogens (tertiary/aromatic N) is 3. The maximum absolute atomic E-state index is 13.0. The standard InChI is InChI=1S/C17H15FN4O3/c1-2-8-19-13(23)7-9-22-10-20-15-14(21-25-16(15)17(22)24)11-3-5-12(18)6-4-11/h2-6,10H,1,7-9H2,(H,19,23). The molecule has 128 valence electrons. The number of amides is 1. The van der Waals surface area contributed by atoms with Crippen LogP contribution < -0.4 is 10.9 Å². The Morgan fingerprint density at radius 2 is 2.12 bits per heavy atom. The number of aryl methyl sites for hydroxylation is 1. The Labute approximate surface area is 141 Å². The van der Waals surface area contributed by atoms with E-state index in [-0.39, 0.29) is 30.3 Å². The van der Waals surface area contributed by atoms with Gasteiger partial charge >= 0.3 is 0 Å². The Kier molecular flexibility index (Phi) is 4.69. The van der Waals surface area contributed by atoms with Crippen molar-refractivity contribution in [3.63, 3.8) is 0 Å². The van der Waals surface area contributed by atoms with Crippen molar-refractivity contribution in [3.8, 4) is 11.3 Å². The van der Waals surface area contributed by atoms with E-state index in [1.165, 1.54) is 35.2 Å². The fourth-order valence-corrected chi connectivity index (χ4v) is 2.31. The summed E-state index contributed by atoms with van der Waals surface area (Å²) in [6, 6.07) is 5.64. The van der Waals surface area contributed by atoms with Gasteiger partial charge in [-0.3, -0.25) is 14.2 Å². The molecule has 0 spiro atoms. The first-order valence-corrected chi connectivity index (χ1v) is 7.58. The first kappa shape index (κ1) is 16.6. The molecule has 0 atom stereocenters. The van der Waals surface area contributed by atoms with Gasteiger partial charge in [-0.25, -0.2) is 9.37 Å². The summed E-state index contributed by atoms with van der Waals surface area (Å²) in [5.74, 6) is -0.571. The Morgan fingerprint density at radius 1 is 1.36 bits per heavy atom. The van der Waals surface area contributed by atoms with Crippen molar-refractivity contribution < 1.29 is 13.7 Å². The zero-order valence-corrected chi connectivity index (χ0v) is 13.2. The largest absolute Gasteiger partial charge is 0.353 e. The molecule has 3 aromatic rings. The number of hydrogen-bond donors (Lipinski definition) is 1. The van der Waals surface area contributed by atoms with Gasteiger partial charge in [0.15, 0.2) is 0 Å². The molecule has 0 unspecified atom stereocenters. The maximum atomic E-state index is 13.0. The van der Waals surface area contributed by atoms with E-state index < -0.39 is 5.56 Å². The number of nitrogens with one attached hydrogen (secondary N) is 1. The summed E-state index contributed by atoms with van der Waals surface area (Å²) in [5.41, 5.74) is 0.816. The van der Waals surface area contributed by atoms with Gasteiger partial charge < -0.3 is 9.84 Å². The van der Waals surface area contributed by atoms with Crippen molar-refractivity contribution in [1.82, 2.24) is 20.0 Å². The third-order valence-electron chi connectivity index (χ3n) is 3.59. The quantitative estimate of drug-likeness (QED) is 0.691. The molecule has 0 saturated heterocycles. The van der Waals surface area contributed by atoms with Crippen LogP contribution in [0.2, 0.25) is 0 Å². The highest BCUT2D eigenvalue weighted by atomic mass is 19.1. The van der Waals surface area contributed by atoms with E-state index in [9.17, 15) is 14.0 Å². The summed E-state index contributed by atoms with van der Waals surface area (Å²) in [7, 11) is 0. The second-order valence-corrected chi connectivity index (χ2v) is 5.30. The van der Waals surface area contributed by atoms with Crippen LogP contribution in [0.5, 0.6) is 0 Å². The molecule has 0 aliphatic carbocycles. The molecular weight excluding hydrogens is 327 g/mol. The average Bonchev–Trinajstić information content (AvgIpc) is 3.05. The molecule has 25 heavy (non-hydrogen) atoms. The minimum absolute atomic E-state index is 0.00618. The Balaban J connectivity index is 1.86. The molecule has 0 aliphatic rings. The molecule has 0 radical (unpaired) electrons. The summed E-state index contributed by atoms with van der Waals surface area (Å²) < 4.78 is 19.4. The summed E-state index contributed by atoms with van der Waals surface area (Å²) in [6.45, 7) is 4.04. The molecule has 1 aromatic carbocycles. The predicted molar refractivity (Wildman–Crippen MR) is 89.3 cm³/mol. The molecular formula is C17H15FN4O3. The van der Waals surface area contributed by atoms with E-state index in [1.807, 2.05) is 0 Å². The van der Waals surface area contributed by atoms with Crippen LogP contribution >= 0.6 is 0 Å². The fourth-order valence-electron chi connectivity index (χ4n) is 2.31. The Morgan fingerprint density at radius 3 is 2.84 bits per heavy atom. The zero-order chi connectivity index (χ0) is 17.8. The van der Waals surface area contributed by atoms with Crippen LogP contribution in [0.1, 0.15) is 6.42 Å². The fraction of sp³-hybridized carbons (Fsp3) is 0.176. The molecule has 1 amide bonds. The Hall–Kier alpha value is -3.29. The third kappa shape index (κ3) is 3.47. The highest BCUT2D eigenvalue weighted by molar-refractivity contribution is 5.87. The van der Waals surface area contributed by atoms with E-state index in [0.29, 0.717) is 23.3 Å². The van der Waals surface area contributed by atoms with Gasteiger partial charge in [-0.05, 0) is 24.3 Å². The molecule has 2 heterocycles. The number of aromatic nitrogens is 3. The van der Waals surface area contributed by atoms with Gasteiger partial charge in [0, 0.05) is 25.1 Å². The van der Waals surface area contributed by atoms with Crippen LogP contribution in [0, 0.1) is 5.82 Å². The van der Waals surface area contributed by atoms with E-state index >= 15 is 0 Å². The molecule has 0 saturated carbocycles. The van der Waals surface area contributed by atoms with Crippen LogP contribution in [0.3, 0.4) is 0 Å². The number of hydrogen-bond acceptors (Lipinski definition) is 5. The summed E-state index contributed by atoms with van der Waals surface area (Å²) in [5, 5.41) is 6.50. The second kappa shape index (κ2) is 7.08. The van der Waals surface area contributed by atoms with Gasteiger partial charge in [-0.1, -0.05) is 11.2 Å². The van der Waals surface area contributed by atoms with Crippen molar-refractivity contribution in [2.45, 2.75) is 13.0 Å². The van der Waals surface area contributed by atoms with Crippen molar-refractivity contribution in [1.29, 1.82) is 0 Å². The van der Waals surface area contributed by atoms with Crippen LogP contribution in [0.15, 0.2) is 52.6 Å². The van der Waals surface area contributed by atoms with Crippen LogP contribution in [0.4, 0.5) is 4.39 Å². The van der Waals surface area contributed by atoms with Crippen LogP contribution in [-0.2, 0) is 11.3 Å². The van der Waals surface area contributed by atoms with Gasteiger partial charge in [-0.15, -0.1) is 6.58 Å². The molecule has 1 N–H and O–H groups in total. The number of halogens is 1. The van der Waals surface area contributed by atoms with E-state index in [4.69, 9.17) is 4.52 Å². The molecule has 3 rings (SSSR count). The highest BCUT2D eigenvalue weighted by Crippen LogP contribution is 2.24. The number of carbonyl (C=O) groups excluding carboxylic acids is 1. The van der Waals surface area contributed by atoms with Crippen LogP contribution in [0.25, 0.3) is 22.4 Å². The first-order valence-electron chi connectivity index (χ1n) is 7.58. The summed E-state index contributed by atoms with van der Waals surface area (Å²) >= 11 is 0. The maximum Gasteiger partial charge on any atom is 0.299 e. The lowest BCUT2D eigenvalue weighted by molar-refractivity contribution is -0.121. The van der Waals surface area contributed by atoms with Crippen molar-refractivity contribution in [2.24, 2.45) is 0 Å². The lowest BCUT2D eigenvalue weighted by atomic mass is 10.1. The lowest BCUT2D eigenvalue weighted by Gasteiger charge is -2.05. The summed E-state index contributed by atoms with van der Waals surface area (Å²) in [4.78, 5) is 28.2. The minimum atomic E-state index is -0.428. The van der Waals surface area contributed by atoms with E-state index in [1.54, 1.807) is 6.08 Å². The Bertz CT molecular complexity index is 976. The number of rotatable bonds is 6. The predicted octanol–water partition coefficient (Wildman–Crippen LogP) is 1.88. The van der Waals surface area contributed by atoms with Crippen molar-refractivity contribution in [3.05, 3.63) is 59.4 Å². The van der Waals surface area contributed by atoms with Gasteiger partial charge in [0.1, 0.15) is 17.0 Å². The van der Waals surface area contributed by atoms with Gasteiger partial charge in [0.25, 0.3) is 11.1 Å². The third-order valence-corrected chi connectivity index (χ3v) is 3.59. The van der Waals surface area contributed by atoms with Crippen LogP contribution in [-0.4, -0.2) is 27.2 Å². The molecule has 8 heteroatoms. The lowest BCUT2D eigenvalue weighted by Crippen LogP contribution is -2.27. The molecule has 7 nitrogen and oxygen atoms in total. The van der Waals surface area contributed by atoms with E-state index in [2.05, 4.69) is 22.0 Å². The molecule has 2 aromatic heterocycles. The molecule has 0 fully saturated rings. The number of benzene rings is 1. The van der Waals surface area contributed by atoms with Crippen molar-refractivity contribution in [2.75, 3.05) is 6.54 Å². The van der Waals surface area contributed by atoms with Crippen molar-refractivity contribution >= 4 is 17.0 Å². The monoisotopic (exact) mass is 342 g/mol. The molecule has 0 bridgehead atoms. The first-order chi connectivity index (χ1) is 12.1. The molecule has 0 aliphatic heterocycles. The highest BCUT2D eigenvalue weighted by Gasteiger charge is 2.16. The van der Waals surface area contributed by atoms with Gasteiger partial charge in [-0.2, -0.15) is 0 Å². The van der Waals surface area contributed by atoms with E-state index in [0.717, 1.165) is 0 Å². The average molecular weight is 342 g/mol. The summed E-state index contributed by atoms with van der Waals surface area (Å²) in [6.07, 6.45) is 3.04. The topological polar surface area (TPSA) is 90.0 Å². The zero-order valence-electron chi connectivity index (χ0n) is 13.2. The van der Waals surface area contributed by atoms with Gasteiger partial charge in [0.2, 0.25) is 5.91 Å². The number of fused-ring (bicyclic) bond motifs is 1. The van der Waals surface area contributed by atoms with Gasteiger partial charge in [0.05, 0.1) is 6.33 Å². The second-order valence-electron chi connectivity index (χ2n) is 5.30.